The number of rotatable bonds is 6. The van der Waals surface area contributed by atoms with Gasteiger partial charge in [-0.15, -0.1) is 5.10 Å². The largest absolute Gasteiger partial charge is 0.292 e. The van der Waals surface area contributed by atoms with E-state index in [1.54, 1.807) is 0 Å². The molecule has 6 heteroatoms. The van der Waals surface area contributed by atoms with Gasteiger partial charge in [0.2, 0.25) is 11.9 Å². The molecule has 2 rings (SSSR count). The highest BCUT2D eigenvalue weighted by atomic mass is 16.2. The molecule has 2 N–H and O–H groups in total. The van der Waals surface area contributed by atoms with Crippen LogP contribution in [0.15, 0.2) is 30.3 Å². The molecule has 1 aromatic carbocycles. The van der Waals surface area contributed by atoms with Crippen molar-refractivity contribution >= 4 is 11.9 Å². The molecule has 0 radical (unpaired) electrons. The van der Waals surface area contributed by atoms with Crippen molar-refractivity contribution in [1.29, 1.82) is 0 Å². The van der Waals surface area contributed by atoms with E-state index in [1.807, 2.05) is 63.1 Å². The second-order valence-corrected chi connectivity index (χ2v) is 5.57. The molecule has 0 fully saturated rings. The number of hydrogen-bond acceptors (Lipinski definition) is 4. The van der Waals surface area contributed by atoms with Gasteiger partial charge in [-0.2, -0.15) is 4.98 Å². The number of amides is 1. The molecule has 0 aliphatic rings. The molecule has 2 aromatic rings. The first kappa shape index (κ1) is 16.2. The van der Waals surface area contributed by atoms with E-state index >= 15 is 0 Å². The van der Waals surface area contributed by atoms with E-state index in [0.717, 1.165) is 17.9 Å². The standard InChI is InChI=1S/C16H23N5O/c1-5-21(4)13(12-9-7-6-8-10-12)15(22)18-16-17-14(11(2)3)19-20-16/h6-11,13H,5H2,1-4H3,(H2,17,18,19,20,22)/t13-/m1/s1. The van der Waals surface area contributed by atoms with Crippen molar-refractivity contribution in [2.75, 3.05) is 18.9 Å². The molecule has 0 unspecified atom stereocenters. The number of H-pyrrole nitrogens is 1. The number of likely N-dealkylation sites (N-methyl/N-ethyl adjacent to an activating group) is 1. The SMILES string of the molecule is CCN(C)[C@@H](C(=O)Nc1n[nH]c(C(C)C)n1)c1ccccc1. The summed E-state index contributed by atoms with van der Waals surface area (Å²) in [7, 11) is 1.93. The maximum Gasteiger partial charge on any atom is 0.248 e. The summed E-state index contributed by atoms with van der Waals surface area (Å²) in [6.45, 7) is 6.82. The summed E-state index contributed by atoms with van der Waals surface area (Å²) in [6.07, 6.45) is 0. The fourth-order valence-electron chi connectivity index (χ4n) is 2.19. The summed E-state index contributed by atoms with van der Waals surface area (Å²) in [5.41, 5.74) is 0.948. The van der Waals surface area contributed by atoms with Crippen LogP contribution in [0, 0.1) is 0 Å². The minimum atomic E-state index is -0.368. The first-order chi connectivity index (χ1) is 10.5. The second kappa shape index (κ2) is 7.17. The summed E-state index contributed by atoms with van der Waals surface area (Å²) < 4.78 is 0. The molecule has 6 nitrogen and oxygen atoms in total. The van der Waals surface area contributed by atoms with E-state index in [2.05, 4.69) is 20.5 Å². The molecular formula is C16H23N5O. The molecular weight excluding hydrogens is 278 g/mol. The number of carbonyl (C=O) groups excluding carboxylic acids is 1. The van der Waals surface area contributed by atoms with Gasteiger partial charge >= 0.3 is 0 Å². The van der Waals surface area contributed by atoms with Crippen molar-refractivity contribution in [1.82, 2.24) is 20.1 Å². The zero-order valence-electron chi connectivity index (χ0n) is 13.5. The van der Waals surface area contributed by atoms with E-state index in [1.165, 1.54) is 0 Å². The van der Waals surface area contributed by atoms with Gasteiger partial charge in [-0.1, -0.05) is 51.1 Å². The number of aromatic nitrogens is 3. The van der Waals surface area contributed by atoms with Crippen LogP contribution in [0.1, 0.15) is 44.1 Å². The maximum atomic E-state index is 12.6. The third-order valence-corrected chi connectivity index (χ3v) is 3.59. The van der Waals surface area contributed by atoms with Gasteiger partial charge in [-0.25, -0.2) is 0 Å². The Morgan fingerprint density at radius 3 is 2.55 bits per heavy atom. The maximum absolute atomic E-state index is 12.6. The van der Waals surface area contributed by atoms with Crippen LogP contribution in [0.25, 0.3) is 0 Å². The number of nitrogens with zero attached hydrogens (tertiary/aromatic N) is 3. The molecule has 0 saturated carbocycles. The Morgan fingerprint density at radius 2 is 2.00 bits per heavy atom. The molecule has 1 aromatic heterocycles. The predicted molar refractivity (Wildman–Crippen MR) is 86.6 cm³/mol. The van der Waals surface area contributed by atoms with E-state index in [0.29, 0.717) is 5.95 Å². The van der Waals surface area contributed by atoms with Crippen LogP contribution in [-0.4, -0.2) is 39.6 Å². The average molecular weight is 301 g/mol. The molecule has 0 aliphatic carbocycles. The fraction of sp³-hybridized carbons (Fsp3) is 0.438. The minimum Gasteiger partial charge on any atom is -0.292 e. The third kappa shape index (κ3) is 3.71. The van der Waals surface area contributed by atoms with Crippen molar-refractivity contribution < 1.29 is 4.79 Å². The summed E-state index contributed by atoms with van der Waals surface area (Å²) >= 11 is 0. The molecule has 1 atom stereocenters. The first-order valence-corrected chi connectivity index (χ1v) is 7.51. The Balaban J connectivity index is 2.18. The normalized spacial score (nSPS) is 12.6. The van der Waals surface area contributed by atoms with Gasteiger partial charge in [0.25, 0.3) is 0 Å². The number of aromatic amines is 1. The quantitative estimate of drug-likeness (QED) is 0.860. The van der Waals surface area contributed by atoms with Crippen molar-refractivity contribution in [3.8, 4) is 0 Å². The van der Waals surface area contributed by atoms with Gasteiger partial charge in [0.15, 0.2) is 0 Å². The van der Waals surface area contributed by atoms with Crippen LogP contribution in [0.2, 0.25) is 0 Å². The minimum absolute atomic E-state index is 0.134. The van der Waals surface area contributed by atoms with Crippen LogP contribution in [0.5, 0.6) is 0 Å². The Kier molecular flexibility index (Phi) is 5.27. The van der Waals surface area contributed by atoms with Crippen molar-refractivity contribution in [3.63, 3.8) is 0 Å². The average Bonchev–Trinajstić information content (AvgIpc) is 2.97. The Labute approximate surface area is 130 Å². The van der Waals surface area contributed by atoms with Crippen LogP contribution in [-0.2, 0) is 4.79 Å². The molecule has 0 saturated heterocycles. The zero-order chi connectivity index (χ0) is 16.1. The van der Waals surface area contributed by atoms with Crippen LogP contribution < -0.4 is 5.32 Å². The number of carbonyl (C=O) groups is 1. The van der Waals surface area contributed by atoms with Gasteiger partial charge in [0, 0.05) is 5.92 Å². The van der Waals surface area contributed by atoms with E-state index in [-0.39, 0.29) is 17.9 Å². The lowest BCUT2D eigenvalue weighted by Crippen LogP contribution is -2.34. The summed E-state index contributed by atoms with van der Waals surface area (Å²) in [6, 6.07) is 9.34. The number of benzene rings is 1. The molecule has 0 aliphatic heterocycles. The lowest BCUT2D eigenvalue weighted by Gasteiger charge is -2.25. The topological polar surface area (TPSA) is 73.9 Å². The summed E-state index contributed by atoms with van der Waals surface area (Å²) in [4.78, 5) is 18.9. The Bertz CT molecular complexity index is 608. The lowest BCUT2D eigenvalue weighted by molar-refractivity contribution is -0.121. The molecule has 0 bridgehead atoms. The third-order valence-electron chi connectivity index (χ3n) is 3.59. The van der Waals surface area contributed by atoms with Gasteiger partial charge < -0.3 is 0 Å². The van der Waals surface area contributed by atoms with Crippen molar-refractivity contribution in [2.24, 2.45) is 0 Å². The van der Waals surface area contributed by atoms with E-state index < -0.39 is 0 Å². The van der Waals surface area contributed by atoms with Crippen LogP contribution in [0.3, 0.4) is 0 Å². The van der Waals surface area contributed by atoms with Gasteiger partial charge in [-0.3, -0.25) is 20.1 Å². The number of nitrogens with one attached hydrogen (secondary N) is 2. The van der Waals surface area contributed by atoms with Gasteiger partial charge in [0.1, 0.15) is 11.9 Å². The van der Waals surface area contributed by atoms with E-state index in [9.17, 15) is 4.79 Å². The molecule has 0 spiro atoms. The Morgan fingerprint density at radius 1 is 1.32 bits per heavy atom. The van der Waals surface area contributed by atoms with Gasteiger partial charge in [0.05, 0.1) is 0 Å². The number of hydrogen-bond donors (Lipinski definition) is 2. The highest BCUT2D eigenvalue weighted by molar-refractivity contribution is 5.94. The van der Waals surface area contributed by atoms with Gasteiger partial charge in [-0.05, 0) is 19.2 Å². The Hall–Kier alpha value is -2.21. The lowest BCUT2D eigenvalue weighted by atomic mass is 10.1. The number of anilines is 1. The van der Waals surface area contributed by atoms with E-state index in [4.69, 9.17) is 0 Å². The second-order valence-electron chi connectivity index (χ2n) is 5.57. The highest BCUT2D eigenvalue weighted by Gasteiger charge is 2.25. The first-order valence-electron chi connectivity index (χ1n) is 7.51. The van der Waals surface area contributed by atoms with Crippen molar-refractivity contribution in [2.45, 2.75) is 32.7 Å². The smallest absolute Gasteiger partial charge is 0.248 e. The summed E-state index contributed by atoms with van der Waals surface area (Å²) in [5.74, 6) is 1.18. The fourth-order valence-corrected chi connectivity index (χ4v) is 2.19. The van der Waals surface area contributed by atoms with Crippen LogP contribution in [0.4, 0.5) is 5.95 Å². The van der Waals surface area contributed by atoms with Crippen LogP contribution >= 0.6 is 0 Å². The molecule has 22 heavy (non-hydrogen) atoms. The molecule has 118 valence electrons. The summed E-state index contributed by atoms with van der Waals surface area (Å²) in [5, 5.41) is 9.69. The highest BCUT2D eigenvalue weighted by Crippen LogP contribution is 2.21. The zero-order valence-corrected chi connectivity index (χ0v) is 13.5. The monoisotopic (exact) mass is 301 g/mol. The molecule has 1 amide bonds. The predicted octanol–water partition coefficient (Wildman–Crippen LogP) is 2.56. The molecule has 1 heterocycles. The van der Waals surface area contributed by atoms with Crippen molar-refractivity contribution in [3.05, 3.63) is 41.7 Å².